The summed E-state index contributed by atoms with van der Waals surface area (Å²) in [4.78, 5) is 0.705. The second-order valence-corrected chi connectivity index (χ2v) is 3.71. The zero-order valence-corrected chi connectivity index (χ0v) is 9.95. The van der Waals surface area contributed by atoms with Gasteiger partial charge >= 0.3 is 0 Å². The lowest BCUT2D eigenvalue weighted by Crippen LogP contribution is -2.08. The Bertz CT molecular complexity index is 295. The number of thiol groups is 1. The summed E-state index contributed by atoms with van der Waals surface area (Å²) >= 11 is 4.13. The molecule has 0 aliphatic carbocycles. The lowest BCUT2D eigenvalue weighted by molar-refractivity contribution is 0.138. The average Bonchev–Trinajstić information content (AvgIpc) is 2.31. The van der Waals surface area contributed by atoms with Crippen LogP contribution in [0.1, 0.15) is 18.6 Å². The van der Waals surface area contributed by atoms with Crippen molar-refractivity contribution in [3.8, 4) is 0 Å². The summed E-state index contributed by atoms with van der Waals surface area (Å²) in [5.74, 6) is -0.0225. The molecule has 1 aromatic carbocycles. The molecule has 0 aliphatic rings. The van der Waals surface area contributed by atoms with Gasteiger partial charge in [0.05, 0.1) is 6.10 Å². The van der Waals surface area contributed by atoms with Crippen molar-refractivity contribution >= 4 is 12.6 Å². The van der Waals surface area contributed by atoms with E-state index in [1.807, 2.05) is 37.3 Å². The van der Waals surface area contributed by atoms with Crippen molar-refractivity contribution in [2.24, 2.45) is 5.92 Å². The zero-order chi connectivity index (χ0) is 11.8. The lowest BCUT2D eigenvalue weighted by atomic mass is 9.97. The summed E-state index contributed by atoms with van der Waals surface area (Å²) in [5, 5.41) is 9.85. The number of benzene rings is 1. The molecule has 0 aromatic heterocycles. The summed E-state index contributed by atoms with van der Waals surface area (Å²) in [6.45, 7) is 11.6. The van der Waals surface area contributed by atoms with Crippen molar-refractivity contribution in [1.82, 2.24) is 0 Å². The third kappa shape index (κ3) is 4.36. The van der Waals surface area contributed by atoms with Gasteiger partial charge in [-0.25, -0.2) is 0 Å². The second kappa shape index (κ2) is 7.32. The fraction of sp³-hybridized carbons (Fsp3) is 0.231. The van der Waals surface area contributed by atoms with Gasteiger partial charge in [0.25, 0.3) is 0 Å². The van der Waals surface area contributed by atoms with E-state index in [4.69, 9.17) is 0 Å². The number of hydrogen-bond donors (Lipinski definition) is 2. The van der Waals surface area contributed by atoms with E-state index >= 15 is 0 Å². The SMILES string of the molecule is C=C.C=C(S)C(C)C(O)c1ccccc1. The van der Waals surface area contributed by atoms with Crippen LogP contribution in [0.4, 0.5) is 0 Å². The highest BCUT2D eigenvalue weighted by molar-refractivity contribution is 7.84. The molecule has 0 aliphatic heterocycles. The van der Waals surface area contributed by atoms with Crippen molar-refractivity contribution in [1.29, 1.82) is 0 Å². The summed E-state index contributed by atoms with van der Waals surface area (Å²) in [5.41, 5.74) is 0.908. The first kappa shape index (κ1) is 14.0. The molecule has 1 N–H and O–H groups in total. The first-order valence-corrected chi connectivity index (χ1v) is 5.18. The van der Waals surface area contributed by atoms with Crippen molar-refractivity contribution in [3.05, 3.63) is 60.5 Å². The molecule has 1 nitrogen and oxygen atoms in total. The van der Waals surface area contributed by atoms with E-state index < -0.39 is 6.10 Å². The molecule has 2 atom stereocenters. The van der Waals surface area contributed by atoms with E-state index in [9.17, 15) is 5.11 Å². The Hall–Kier alpha value is -0.990. The van der Waals surface area contributed by atoms with Gasteiger partial charge in [0.1, 0.15) is 0 Å². The van der Waals surface area contributed by atoms with Crippen LogP contribution in [0.3, 0.4) is 0 Å². The van der Waals surface area contributed by atoms with Crippen LogP contribution < -0.4 is 0 Å². The molecule has 2 heteroatoms. The number of aliphatic hydroxyl groups excluding tert-OH is 1. The van der Waals surface area contributed by atoms with Crippen LogP contribution in [0.5, 0.6) is 0 Å². The highest BCUT2D eigenvalue weighted by Crippen LogP contribution is 2.27. The quantitative estimate of drug-likeness (QED) is 0.591. The predicted molar refractivity (Wildman–Crippen MR) is 69.9 cm³/mol. The smallest absolute Gasteiger partial charge is 0.0860 e. The van der Waals surface area contributed by atoms with Crippen LogP contribution in [-0.2, 0) is 0 Å². The Balaban J connectivity index is 0.000000921. The molecule has 2 unspecified atom stereocenters. The maximum Gasteiger partial charge on any atom is 0.0860 e. The molecule has 82 valence electrons. The zero-order valence-electron chi connectivity index (χ0n) is 9.06. The minimum Gasteiger partial charge on any atom is -0.388 e. The van der Waals surface area contributed by atoms with Crippen LogP contribution in [0.15, 0.2) is 55.0 Å². The molecule has 0 radical (unpaired) electrons. The summed E-state index contributed by atoms with van der Waals surface area (Å²) in [7, 11) is 0. The van der Waals surface area contributed by atoms with Crippen molar-refractivity contribution in [2.75, 3.05) is 0 Å². The molecule has 0 amide bonds. The molecule has 0 saturated carbocycles. The Morgan fingerprint density at radius 1 is 1.27 bits per heavy atom. The number of aliphatic hydroxyl groups is 1. The molecule has 0 spiro atoms. The van der Waals surface area contributed by atoms with E-state index in [0.29, 0.717) is 4.91 Å². The highest BCUT2D eigenvalue weighted by Gasteiger charge is 2.16. The molecule has 0 bridgehead atoms. The van der Waals surface area contributed by atoms with Gasteiger partial charge in [0.15, 0.2) is 0 Å². The summed E-state index contributed by atoms with van der Waals surface area (Å²) < 4.78 is 0. The van der Waals surface area contributed by atoms with Crippen LogP contribution >= 0.6 is 12.6 Å². The van der Waals surface area contributed by atoms with Crippen LogP contribution in [0.2, 0.25) is 0 Å². The van der Waals surface area contributed by atoms with Crippen LogP contribution in [0, 0.1) is 5.92 Å². The maximum atomic E-state index is 9.85. The number of rotatable bonds is 3. The molecule has 0 heterocycles. The number of hydrogen-bond acceptors (Lipinski definition) is 2. The first-order valence-electron chi connectivity index (χ1n) is 4.73. The van der Waals surface area contributed by atoms with Gasteiger partial charge in [-0.05, 0) is 10.5 Å². The predicted octanol–water partition coefficient (Wildman–Crippen LogP) is 3.60. The van der Waals surface area contributed by atoms with Gasteiger partial charge in [-0.1, -0.05) is 43.8 Å². The normalized spacial score (nSPS) is 13.3. The molecular weight excluding hydrogens is 204 g/mol. The second-order valence-electron chi connectivity index (χ2n) is 3.14. The van der Waals surface area contributed by atoms with E-state index in [0.717, 1.165) is 5.56 Å². The maximum absolute atomic E-state index is 9.85. The van der Waals surface area contributed by atoms with Crippen molar-refractivity contribution in [2.45, 2.75) is 13.0 Å². The third-order valence-electron chi connectivity index (χ3n) is 2.14. The van der Waals surface area contributed by atoms with Crippen LogP contribution in [0.25, 0.3) is 0 Å². The topological polar surface area (TPSA) is 20.2 Å². The largest absolute Gasteiger partial charge is 0.388 e. The van der Waals surface area contributed by atoms with Crippen molar-refractivity contribution < 1.29 is 5.11 Å². The van der Waals surface area contributed by atoms with Gasteiger partial charge in [0, 0.05) is 5.92 Å². The Morgan fingerprint density at radius 2 is 1.73 bits per heavy atom. The molecule has 1 aromatic rings. The van der Waals surface area contributed by atoms with E-state index in [-0.39, 0.29) is 5.92 Å². The minimum absolute atomic E-state index is 0.0225. The standard InChI is InChI=1S/C11H14OS.C2H4/c1-8(9(2)13)11(12)10-6-4-3-5-7-10;1-2/h3-8,11-13H,2H2,1H3;1-2H2. The van der Waals surface area contributed by atoms with Gasteiger partial charge in [-0.3, -0.25) is 0 Å². The Labute approximate surface area is 97.6 Å². The minimum atomic E-state index is -0.508. The molecule has 0 fully saturated rings. The van der Waals surface area contributed by atoms with Gasteiger partial charge < -0.3 is 5.11 Å². The fourth-order valence-corrected chi connectivity index (χ4v) is 1.26. The molecule has 15 heavy (non-hydrogen) atoms. The highest BCUT2D eigenvalue weighted by atomic mass is 32.1. The van der Waals surface area contributed by atoms with Gasteiger partial charge in [-0.2, -0.15) is 0 Å². The van der Waals surface area contributed by atoms with Crippen molar-refractivity contribution in [3.63, 3.8) is 0 Å². The summed E-state index contributed by atoms with van der Waals surface area (Å²) in [6.07, 6.45) is -0.508. The van der Waals surface area contributed by atoms with Gasteiger partial charge in [-0.15, -0.1) is 25.8 Å². The molecular formula is C13H18OS. The third-order valence-corrected chi connectivity index (χ3v) is 2.55. The first-order chi connectivity index (χ1) is 7.13. The van der Waals surface area contributed by atoms with E-state index in [1.54, 1.807) is 0 Å². The molecule has 0 saturated heterocycles. The monoisotopic (exact) mass is 222 g/mol. The fourth-order valence-electron chi connectivity index (χ4n) is 1.12. The molecule has 1 rings (SSSR count). The average molecular weight is 222 g/mol. The van der Waals surface area contributed by atoms with E-state index in [2.05, 4.69) is 32.4 Å². The van der Waals surface area contributed by atoms with E-state index in [1.165, 1.54) is 0 Å². The van der Waals surface area contributed by atoms with Gasteiger partial charge in [0.2, 0.25) is 0 Å². The Kier molecular flexibility index (Phi) is 6.84. The Morgan fingerprint density at radius 3 is 2.13 bits per heavy atom. The van der Waals surface area contributed by atoms with Crippen LogP contribution in [-0.4, -0.2) is 5.11 Å². The lowest BCUT2D eigenvalue weighted by Gasteiger charge is -2.18. The summed E-state index contributed by atoms with van der Waals surface area (Å²) in [6, 6.07) is 9.55.